The number of hydrogen-bond donors (Lipinski definition) is 2. The summed E-state index contributed by atoms with van der Waals surface area (Å²) in [5, 5.41) is 18.1. The second-order valence-corrected chi connectivity index (χ2v) is 3.69. The van der Waals surface area contributed by atoms with Gasteiger partial charge in [0.05, 0.1) is 7.11 Å². The van der Waals surface area contributed by atoms with E-state index in [1.807, 2.05) is 0 Å². The number of methoxy groups -OCH3 is 1. The average molecular weight is 238 g/mol. The summed E-state index contributed by atoms with van der Waals surface area (Å²) < 4.78 is 5.06. The monoisotopic (exact) mass is 238 g/mol. The molecule has 0 fully saturated rings. The molecule has 0 spiro atoms. The highest BCUT2D eigenvalue weighted by atomic mass is 16.5. The first-order chi connectivity index (χ1) is 7.95. The Balaban J connectivity index is 3.12. The van der Waals surface area contributed by atoms with Gasteiger partial charge in [0.15, 0.2) is 6.10 Å². The molecule has 0 aliphatic rings. The van der Waals surface area contributed by atoms with Crippen molar-refractivity contribution < 1.29 is 24.5 Å². The van der Waals surface area contributed by atoms with Crippen molar-refractivity contribution >= 4 is 11.8 Å². The van der Waals surface area contributed by atoms with E-state index in [1.54, 1.807) is 6.07 Å². The van der Waals surface area contributed by atoms with E-state index >= 15 is 0 Å². The van der Waals surface area contributed by atoms with Gasteiger partial charge in [-0.15, -0.1) is 0 Å². The molecule has 92 valence electrons. The van der Waals surface area contributed by atoms with Crippen LogP contribution in [0.3, 0.4) is 0 Å². The predicted octanol–water partition coefficient (Wildman–Crippen LogP) is 0.945. The number of ketones is 1. The molecule has 0 amide bonds. The van der Waals surface area contributed by atoms with Gasteiger partial charge in [0.25, 0.3) is 0 Å². The Labute approximate surface area is 98.6 Å². The van der Waals surface area contributed by atoms with E-state index in [0.29, 0.717) is 11.3 Å². The van der Waals surface area contributed by atoms with Crippen LogP contribution >= 0.6 is 0 Å². The first kappa shape index (κ1) is 13.2. The van der Waals surface area contributed by atoms with Crippen LogP contribution in [-0.4, -0.2) is 29.1 Å². The van der Waals surface area contributed by atoms with E-state index in [0.717, 1.165) is 0 Å². The number of Topliss-reactive ketones (excluding diaryl/α,β-unsaturated/α-hetero) is 1. The second kappa shape index (κ2) is 5.45. The van der Waals surface area contributed by atoms with Gasteiger partial charge in [-0.2, -0.15) is 0 Å². The maximum atomic E-state index is 11.1. The SMILES string of the molecule is COc1ccc(C(O)C(=O)O)cc1CC(C)=O. The topological polar surface area (TPSA) is 83.8 Å². The van der Waals surface area contributed by atoms with E-state index in [-0.39, 0.29) is 17.8 Å². The van der Waals surface area contributed by atoms with Crippen molar-refractivity contribution in [3.63, 3.8) is 0 Å². The summed E-state index contributed by atoms with van der Waals surface area (Å²) in [5.74, 6) is -0.893. The summed E-state index contributed by atoms with van der Waals surface area (Å²) in [4.78, 5) is 21.7. The summed E-state index contributed by atoms with van der Waals surface area (Å²) in [6.45, 7) is 1.43. The number of benzene rings is 1. The van der Waals surface area contributed by atoms with Crippen LogP contribution in [0.1, 0.15) is 24.2 Å². The first-order valence-electron chi connectivity index (χ1n) is 5.02. The summed E-state index contributed by atoms with van der Waals surface area (Å²) >= 11 is 0. The van der Waals surface area contributed by atoms with E-state index in [9.17, 15) is 14.7 Å². The van der Waals surface area contributed by atoms with Gasteiger partial charge in [0.1, 0.15) is 11.5 Å². The third-order valence-corrected chi connectivity index (χ3v) is 2.29. The van der Waals surface area contributed by atoms with Crippen LogP contribution in [-0.2, 0) is 16.0 Å². The molecule has 1 unspecified atom stereocenters. The Hall–Kier alpha value is -1.88. The number of carbonyl (C=O) groups excluding carboxylic acids is 1. The largest absolute Gasteiger partial charge is 0.496 e. The number of ether oxygens (including phenoxy) is 1. The third-order valence-electron chi connectivity index (χ3n) is 2.29. The van der Waals surface area contributed by atoms with E-state index in [2.05, 4.69) is 0 Å². The molecule has 5 nitrogen and oxygen atoms in total. The van der Waals surface area contributed by atoms with Gasteiger partial charge in [-0.05, 0) is 24.6 Å². The highest BCUT2D eigenvalue weighted by Gasteiger charge is 2.17. The number of carboxylic acid groups (broad SMARTS) is 1. The zero-order valence-electron chi connectivity index (χ0n) is 9.64. The Bertz CT molecular complexity index is 439. The maximum absolute atomic E-state index is 11.1. The first-order valence-corrected chi connectivity index (χ1v) is 5.02. The minimum Gasteiger partial charge on any atom is -0.496 e. The van der Waals surface area contributed by atoms with Crippen molar-refractivity contribution in [1.82, 2.24) is 0 Å². The maximum Gasteiger partial charge on any atom is 0.337 e. The number of aliphatic hydroxyl groups excluding tert-OH is 1. The Morgan fingerprint density at radius 2 is 2.06 bits per heavy atom. The zero-order chi connectivity index (χ0) is 13.0. The molecule has 0 aliphatic heterocycles. The van der Waals surface area contributed by atoms with E-state index in [4.69, 9.17) is 9.84 Å². The fourth-order valence-electron chi connectivity index (χ4n) is 1.52. The highest BCUT2D eigenvalue weighted by molar-refractivity contribution is 5.79. The van der Waals surface area contributed by atoms with Crippen LogP contribution < -0.4 is 4.74 Å². The van der Waals surface area contributed by atoms with Crippen LogP contribution in [0.2, 0.25) is 0 Å². The molecule has 1 atom stereocenters. The molecule has 0 aromatic heterocycles. The highest BCUT2D eigenvalue weighted by Crippen LogP contribution is 2.24. The molecule has 5 heteroatoms. The summed E-state index contributed by atoms with van der Waals surface area (Å²) in [7, 11) is 1.46. The van der Waals surface area contributed by atoms with Crippen molar-refractivity contribution in [2.24, 2.45) is 0 Å². The van der Waals surface area contributed by atoms with Crippen LogP contribution in [0.4, 0.5) is 0 Å². The number of rotatable bonds is 5. The molecule has 0 heterocycles. The van der Waals surface area contributed by atoms with Crippen molar-refractivity contribution in [1.29, 1.82) is 0 Å². The lowest BCUT2D eigenvalue weighted by atomic mass is 10.0. The van der Waals surface area contributed by atoms with Gasteiger partial charge in [0, 0.05) is 12.0 Å². The average Bonchev–Trinajstić information content (AvgIpc) is 2.27. The van der Waals surface area contributed by atoms with Crippen LogP contribution in [0.5, 0.6) is 5.75 Å². The van der Waals surface area contributed by atoms with Crippen molar-refractivity contribution in [3.05, 3.63) is 29.3 Å². The number of carbonyl (C=O) groups is 2. The molecule has 2 N–H and O–H groups in total. The smallest absolute Gasteiger partial charge is 0.337 e. The lowest BCUT2D eigenvalue weighted by Crippen LogP contribution is -2.11. The molecule has 0 saturated carbocycles. The molecule has 1 aromatic rings. The molecule has 1 rings (SSSR count). The number of aliphatic carboxylic acids is 1. The van der Waals surface area contributed by atoms with Gasteiger partial charge in [-0.1, -0.05) is 6.07 Å². The van der Waals surface area contributed by atoms with Gasteiger partial charge in [0.2, 0.25) is 0 Å². The van der Waals surface area contributed by atoms with Crippen LogP contribution in [0.25, 0.3) is 0 Å². The van der Waals surface area contributed by atoms with Gasteiger partial charge in [-0.25, -0.2) is 4.79 Å². The van der Waals surface area contributed by atoms with Crippen molar-refractivity contribution in [2.75, 3.05) is 7.11 Å². The molecule has 17 heavy (non-hydrogen) atoms. The summed E-state index contributed by atoms with van der Waals surface area (Å²) in [5.41, 5.74) is 0.798. The predicted molar refractivity (Wildman–Crippen MR) is 60.0 cm³/mol. The molecule has 1 aromatic carbocycles. The number of aliphatic hydroxyl groups is 1. The quantitative estimate of drug-likeness (QED) is 0.797. The van der Waals surface area contributed by atoms with Crippen LogP contribution in [0, 0.1) is 0 Å². The van der Waals surface area contributed by atoms with Gasteiger partial charge < -0.3 is 14.9 Å². The molecule has 0 saturated heterocycles. The fourth-order valence-corrected chi connectivity index (χ4v) is 1.52. The minimum absolute atomic E-state index is 0.0646. The van der Waals surface area contributed by atoms with Gasteiger partial charge in [-0.3, -0.25) is 4.79 Å². The molecule has 0 radical (unpaired) electrons. The normalized spacial score (nSPS) is 11.9. The van der Waals surface area contributed by atoms with E-state index in [1.165, 1.54) is 26.2 Å². The lowest BCUT2D eigenvalue weighted by Gasteiger charge is -2.11. The van der Waals surface area contributed by atoms with Crippen molar-refractivity contribution in [3.8, 4) is 5.75 Å². The lowest BCUT2D eigenvalue weighted by molar-refractivity contribution is -0.146. The Kier molecular flexibility index (Phi) is 4.23. The molecular formula is C12H14O5. The zero-order valence-corrected chi connectivity index (χ0v) is 9.64. The second-order valence-electron chi connectivity index (χ2n) is 3.69. The fraction of sp³-hybridized carbons (Fsp3) is 0.333. The van der Waals surface area contributed by atoms with Crippen molar-refractivity contribution in [2.45, 2.75) is 19.4 Å². The summed E-state index contributed by atoms with van der Waals surface area (Å²) in [6.07, 6.45) is -1.45. The van der Waals surface area contributed by atoms with Gasteiger partial charge >= 0.3 is 5.97 Å². The third kappa shape index (κ3) is 3.29. The standard InChI is InChI=1S/C12H14O5/c1-7(13)5-9-6-8(11(14)12(15)16)3-4-10(9)17-2/h3-4,6,11,14H,5H2,1-2H3,(H,15,16). The number of hydrogen-bond acceptors (Lipinski definition) is 4. The summed E-state index contributed by atoms with van der Waals surface area (Å²) in [6, 6.07) is 4.47. The number of carboxylic acids is 1. The molecular weight excluding hydrogens is 224 g/mol. The molecule has 0 bridgehead atoms. The Morgan fingerprint density at radius 3 is 2.53 bits per heavy atom. The Morgan fingerprint density at radius 1 is 1.41 bits per heavy atom. The van der Waals surface area contributed by atoms with E-state index < -0.39 is 12.1 Å². The van der Waals surface area contributed by atoms with Crippen LogP contribution in [0.15, 0.2) is 18.2 Å². The minimum atomic E-state index is -1.59. The molecule has 0 aliphatic carbocycles.